The van der Waals surface area contributed by atoms with Crippen LogP contribution >= 0.6 is 27.7 Å². The zero-order chi connectivity index (χ0) is 14.0. The largest absolute Gasteiger partial charge is 0.295 e. The fourth-order valence-electron chi connectivity index (χ4n) is 1.74. The lowest BCUT2D eigenvalue weighted by Gasteiger charge is -2.09. The van der Waals surface area contributed by atoms with Crippen molar-refractivity contribution in [3.63, 3.8) is 0 Å². The minimum Gasteiger partial charge on any atom is -0.295 e. The third kappa shape index (κ3) is 3.48. The Labute approximate surface area is 126 Å². The maximum atomic E-state index is 11.3. The smallest absolute Gasteiger partial charge is 0.159 e. The molecule has 2 aromatic rings. The van der Waals surface area contributed by atoms with Crippen molar-refractivity contribution in [3.05, 3.63) is 57.6 Å². The number of carbonyl (C=O) groups excluding carboxylic acids is 1. The first kappa shape index (κ1) is 14.4. The van der Waals surface area contributed by atoms with Gasteiger partial charge in [-0.05, 0) is 66.0 Å². The first-order valence-electron chi connectivity index (χ1n) is 6.03. The molecule has 0 aliphatic rings. The van der Waals surface area contributed by atoms with Crippen LogP contribution in [0.4, 0.5) is 0 Å². The molecule has 0 aliphatic heterocycles. The summed E-state index contributed by atoms with van der Waals surface area (Å²) < 4.78 is 0.964. The minimum absolute atomic E-state index is 0.0870. The fraction of sp³-hybridized carbons (Fsp3) is 0.188. The molecule has 1 nitrogen and oxygen atoms in total. The van der Waals surface area contributed by atoms with Crippen molar-refractivity contribution in [2.24, 2.45) is 0 Å². The number of hydrogen-bond donors (Lipinski definition) is 0. The third-order valence-electron chi connectivity index (χ3n) is 2.90. The summed E-state index contributed by atoms with van der Waals surface area (Å²) in [5.74, 6) is 0.0870. The normalized spacial score (nSPS) is 10.5. The van der Waals surface area contributed by atoms with E-state index in [1.807, 2.05) is 18.2 Å². The van der Waals surface area contributed by atoms with E-state index in [-0.39, 0.29) is 5.78 Å². The molecule has 0 saturated carbocycles. The standard InChI is InChI=1S/C16H15BrOS/c1-10-4-5-11(2)16(8-10)19-15-7-6-13(12(3)18)9-14(15)17/h4-9H,1-3H3. The highest BCUT2D eigenvalue weighted by Crippen LogP contribution is 2.36. The molecule has 2 aromatic carbocycles. The molecule has 2 rings (SSSR count). The van der Waals surface area contributed by atoms with E-state index in [9.17, 15) is 4.79 Å². The highest BCUT2D eigenvalue weighted by molar-refractivity contribution is 9.10. The summed E-state index contributed by atoms with van der Waals surface area (Å²) in [6, 6.07) is 12.2. The number of halogens is 1. The van der Waals surface area contributed by atoms with Crippen molar-refractivity contribution in [1.29, 1.82) is 0 Å². The Morgan fingerprint density at radius 1 is 1.05 bits per heavy atom. The van der Waals surface area contributed by atoms with Gasteiger partial charge in [0.15, 0.2) is 5.78 Å². The Morgan fingerprint density at radius 2 is 1.79 bits per heavy atom. The van der Waals surface area contributed by atoms with Gasteiger partial charge in [-0.25, -0.2) is 0 Å². The van der Waals surface area contributed by atoms with E-state index < -0.39 is 0 Å². The fourth-order valence-corrected chi connectivity index (χ4v) is 3.36. The molecule has 0 bridgehead atoms. The van der Waals surface area contributed by atoms with Crippen LogP contribution in [0.5, 0.6) is 0 Å². The van der Waals surface area contributed by atoms with Gasteiger partial charge in [-0.3, -0.25) is 4.79 Å². The second-order valence-corrected chi connectivity index (χ2v) is 6.51. The summed E-state index contributed by atoms with van der Waals surface area (Å²) >= 11 is 5.26. The lowest BCUT2D eigenvalue weighted by molar-refractivity contribution is 0.101. The molecular formula is C16H15BrOS. The second-order valence-electron chi connectivity index (χ2n) is 4.57. The van der Waals surface area contributed by atoms with Gasteiger partial charge in [0.1, 0.15) is 0 Å². The summed E-state index contributed by atoms with van der Waals surface area (Å²) in [4.78, 5) is 13.7. The second kappa shape index (κ2) is 5.93. The lowest BCUT2D eigenvalue weighted by atomic mass is 10.1. The van der Waals surface area contributed by atoms with Crippen molar-refractivity contribution >= 4 is 33.5 Å². The number of benzene rings is 2. The zero-order valence-electron chi connectivity index (χ0n) is 11.2. The quantitative estimate of drug-likeness (QED) is 0.697. The van der Waals surface area contributed by atoms with Crippen LogP contribution in [0.25, 0.3) is 0 Å². The van der Waals surface area contributed by atoms with E-state index in [4.69, 9.17) is 0 Å². The summed E-state index contributed by atoms with van der Waals surface area (Å²) in [6.45, 7) is 5.79. The predicted molar refractivity (Wildman–Crippen MR) is 84.2 cm³/mol. The van der Waals surface area contributed by atoms with Crippen LogP contribution in [0.15, 0.2) is 50.7 Å². The molecule has 0 spiro atoms. The molecule has 0 amide bonds. The Morgan fingerprint density at radius 3 is 2.42 bits per heavy atom. The Bertz CT molecular complexity index is 635. The molecule has 0 heterocycles. The van der Waals surface area contributed by atoms with Crippen LogP contribution in [-0.4, -0.2) is 5.78 Å². The van der Waals surface area contributed by atoms with Gasteiger partial charge in [-0.2, -0.15) is 0 Å². The highest BCUT2D eigenvalue weighted by Gasteiger charge is 2.08. The van der Waals surface area contributed by atoms with E-state index >= 15 is 0 Å². The van der Waals surface area contributed by atoms with Crippen molar-refractivity contribution in [2.75, 3.05) is 0 Å². The molecule has 0 saturated heterocycles. The average Bonchev–Trinajstić information content (AvgIpc) is 2.36. The van der Waals surface area contributed by atoms with Crippen molar-refractivity contribution in [1.82, 2.24) is 0 Å². The van der Waals surface area contributed by atoms with Gasteiger partial charge < -0.3 is 0 Å². The van der Waals surface area contributed by atoms with Gasteiger partial charge in [0, 0.05) is 19.8 Å². The highest BCUT2D eigenvalue weighted by atomic mass is 79.9. The number of aryl methyl sites for hydroxylation is 2. The van der Waals surface area contributed by atoms with Crippen LogP contribution in [0, 0.1) is 13.8 Å². The number of carbonyl (C=O) groups is 1. The van der Waals surface area contributed by atoms with Gasteiger partial charge in [0.2, 0.25) is 0 Å². The van der Waals surface area contributed by atoms with Crippen LogP contribution in [-0.2, 0) is 0 Å². The van der Waals surface area contributed by atoms with Crippen LogP contribution in [0.1, 0.15) is 28.4 Å². The summed E-state index contributed by atoms with van der Waals surface area (Å²) in [6.07, 6.45) is 0. The predicted octanol–water partition coefficient (Wildman–Crippen LogP) is 5.42. The van der Waals surface area contributed by atoms with Crippen LogP contribution in [0.2, 0.25) is 0 Å². The molecule has 0 radical (unpaired) electrons. The number of hydrogen-bond acceptors (Lipinski definition) is 2. The van der Waals surface area contributed by atoms with Crippen molar-refractivity contribution < 1.29 is 4.79 Å². The Balaban J connectivity index is 2.33. The zero-order valence-corrected chi connectivity index (χ0v) is 13.6. The lowest BCUT2D eigenvalue weighted by Crippen LogP contribution is -1.92. The van der Waals surface area contributed by atoms with E-state index in [0.29, 0.717) is 0 Å². The van der Waals surface area contributed by atoms with E-state index in [0.717, 1.165) is 14.9 Å². The third-order valence-corrected chi connectivity index (χ3v) is 5.06. The van der Waals surface area contributed by atoms with Crippen LogP contribution < -0.4 is 0 Å². The first-order valence-corrected chi connectivity index (χ1v) is 7.64. The summed E-state index contributed by atoms with van der Waals surface area (Å²) in [5, 5.41) is 0. The van der Waals surface area contributed by atoms with Crippen molar-refractivity contribution in [2.45, 2.75) is 30.6 Å². The molecule has 0 unspecified atom stereocenters. The molecule has 3 heteroatoms. The maximum Gasteiger partial charge on any atom is 0.159 e. The Hall–Kier alpha value is -1.06. The summed E-state index contributed by atoms with van der Waals surface area (Å²) in [7, 11) is 0. The van der Waals surface area contributed by atoms with E-state index in [2.05, 4.69) is 48.0 Å². The molecule has 0 aliphatic carbocycles. The summed E-state index contributed by atoms with van der Waals surface area (Å²) in [5.41, 5.74) is 3.25. The topological polar surface area (TPSA) is 17.1 Å². The van der Waals surface area contributed by atoms with Gasteiger partial charge in [-0.15, -0.1) is 0 Å². The van der Waals surface area contributed by atoms with Gasteiger partial charge in [-0.1, -0.05) is 30.0 Å². The van der Waals surface area contributed by atoms with Gasteiger partial charge >= 0.3 is 0 Å². The minimum atomic E-state index is 0.0870. The molecule has 98 valence electrons. The maximum absolute atomic E-state index is 11.3. The number of Topliss-reactive ketones (excluding diaryl/α,β-unsaturated/α-hetero) is 1. The first-order chi connectivity index (χ1) is 8.97. The molecule has 0 N–H and O–H groups in total. The Kier molecular flexibility index (Phi) is 4.48. The molecular weight excluding hydrogens is 320 g/mol. The SMILES string of the molecule is CC(=O)c1ccc(Sc2cc(C)ccc2C)c(Br)c1. The number of rotatable bonds is 3. The number of ketones is 1. The monoisotopic (exact) mass is 334 g/mol. The van der Waals surface area contributed by atoms with E-state index in [1.54, 1.807) is 18.7 Å². The molecule has 0 atom stereocenters. The molecule has 0 fully saturated rings. The molecule has 0 aromatic heterocycles. The van der Waals surface area contributed by atoms with Gasteiger partial charge in [0.25, 0.3) is 0 Å². The van der Waals surface area contributed by atoms with E-state index in [1.165, 1.54) is 16.0 Å². The van der Waals surface area contributed by atoms with Crippen LogP contribution in [0.3, 0.4) is 0 Å². The average molecular weight is 335 g/mol. The van der Waals surface area contributed by atoms with Crippen molar-refractivity contribution in [3.8, 4) is 0 Å². The molecule has 19 heavy (non-hydrogen) atoms. The van der Waals surface area contributed by atoms with Gasteiger partial charge in [0.05, 0.1) is 0 Å².